The quantitative estimate of drug-likeness (QED) is 0.414. The zero-order chi connectivity index (χ0) is 10.1. The summed E-state index contributed by atoms with van der Waals surface area (Å²) in [5.74, 6) is 0.945. The molecule has 0 saturated heterocycles. The predicted octanol–water partition coefficient (Wildman–Crippen LogP) is 0.319. The van der Waals surface area contributed by atoms with Crippen molar-refractivity contribution in [1.82, 2.24) is 5.32 Å². The molecule has 0 rings (SSSR count). The number of guanidine groups is 1. The van der Waals surface area contributed by atoms with Crippen LogP contribution in [0.4, 0.5) is 0 Å². The van der Waals surface area contributed by atoms with Crippen LogP contribution in [0.2, 0.25) is 0 Å². The molecule has 4 heteroatoms. The van der Waals surface area contributed by atoms with Crippen molar-refractivity contribution in [2.75, 3.05) is 19.7 Å². The maximum atomic E-state index is 8.74. The largest absolute Gasteiger partial charge is 0.396 e. The Labute approximate surface area is 80.2 Å². The lowest BCUT2D eigenvalue weighted by Gasteiger charge is -2.10. The fourth-order valence-electron chi connectivity index (χ4n) is 1.07. The van der Waals surface area contributed by atoms with Gasteiger partial charge in [0.05, 0.1) is 0 Å². The van der Waals surface area contributed by atoms with Crippen molar-refractivity contribution in [3.05, 3.63) is 0 Å². The molecule has 0 aliphatic carbocycles. The minimum Gasteiger partial charge on any atom is -0.396 e. The van der Waals surface area contributed by atoms with Gasteiger partial charge in [-0.15, -0.1) is 0 Å². The van der Waals surface area contributed by atoms with E-state index < -0.39 is 0 Å². The van der Waals surface area contributed by atoms with E-state index in [1.54, 1.807) is 0 Å². The van der Waals surface area contributed by atoms with E-state index >= 15 is 0 Å². The average Bonchev–Trinajstić information content (AvgIpc) is 2.12. The zero-order valence-corrected chi connectivity index (χ0v) is 8.58. The minimum absolute atomic E-state index is 0.231. The lowest BCUT2D eigenvalue weighted by molar-refractivity contribution is 0.256. The van der Waals surface area contributed by atoms with Gasteiger partial charge in [0, 0.05) is 19.7 Å². The van der Waals surface area contributed by atoms with Crippen molar-refractivity contribution < 1.29 is 5.11 Å². The van der Waals surface area contributed by atoms with Crippen LogP contribution in [0.25, 0.3) is 0 Å². The summed E-state index contributed by atoms with van der Waals surface area (Å²) in [4.78, 5) is 4.18. The van der Waals surface area contributed by atoms with E-state index in [4.69, 9.17) is 10.8 Å². The topological polar surface area (TPSA) is 70.6 Å². The van der Waals surface area contributed by atoms with Crippen LogP contribution in [-0.4, -0.2) is 30.8 Å². The van der Waals surface area contributed by atoms with Crippen molar-refractivity contribution in [3.8, 4) is 0 Å². The van der Waals surface area contributed by atoms with Gasteiger partial charge in [-0.3, -0.25) is 4.99 Å². The predicted molar refractivity (Wildman–Crippen MR) is 55.6 cm³/mol. The first-order chi connectivity index (χ1) is 6.24. The van der Waals surface area contributed by atoms with Gasteiger partial charge in [0.2, 0.25) is 0 Å². The number of rotatable bonds is 6. The van der Waals surface area contributed by atoms with Crippen LogP contribution in [0.1, 0.15) is 26.7 Å². The Kier molecular flexibility index (Phi) is 7.39. The number of aliphatic hydroxyl groups is 1. The molecule has 0 bridgehead atoms. The summed E-state index contributed by atoms with van der Waals surface area (Å²) < 4.78 is 0. The third kappa shape index (κ3) is 6.40. The van der Waals surface area contributed by atoms with Crippen LogP contribution in [0, 0.1) is 5.92 Å². The SMILES string of the molecule is CCNC(N)=NCC(CC)CCO. The molecule has 0 aromatic rings. The smallest absolute Gasteiger partial charge is 0.188 e. The van der Waals surface area contributed by atoms with Crippen LogP contribution in [0.5, 0.6) is 0 Å². The molecule has 0 aromatic carbocycles. The van der Waals surface area contributed by atoms with Gasteiger partial charge in [-0.25, -0.2) is 0 Å². The van der Waals surface area contributed by atoms with Crippen LogP contribution >= 0.6 is 0 Å². The van der Waals surface area contributed by atoms with Crippen molar-refractivity contribution in [2.45, 2.75) is 26.7 Å². The second-order valence-electron chi connectivity index (χ2n) is 3.04. The van der Waals surface area contributed by atoms with Gasteiger partial charge in [0.25, 0.3) is 0 Å². The highest BCUT2D eigenvalue weighted by atomic mass is 16.3. The van der Waals surface area contributed by atoms with Crippen molar-refractivity contribution in [2.24, 2.45) is 16.6 Å². The normalized spacial score (nSPS) is 14.2. The highest BCUT2D eigenvalue weighted by Crippen LogP contribution is 2.07. The molecule has 0 aliphatic heterocycles. The molecule has 0 aromatic heterocycles. The molecule has 0 radical (unpaired) electrons. The Morgan fingerprint density at radius 2 is 2.23 bits per heavy atom. The van der Waals surface area contributed by atoms with E-state index in [9.17, 15) is 0 Å². The zero-order valence-electron chi connectivity index (χ0n) is 8.58. The van der Waals surface area contributed by atoms with Crippen LogP contribution in [0.3, 0.4) is 0 Å². The number of aliphatic imine (C=N–C) groups is 1. The minimum atomic E-state index is 0.231. The van der Waals surface area contributed by atoms with Crippen molar-refractivity contribution >= 4 is 5.96 Å². The van der Waals surface area contributed by atoms with Crippen LogP contribution in [-0.2, 0) is 0 Å². The molecule has 13 heavy (non-hydrogen) atoms. The Hall–Kier alpha value is -0.770. The molecule has 0 saturated carbocycles. The highest BCUT2D eigenvalue weighted by Gasteiger charge is 2.03. The van der Waals surface area contributed by atoms with Gasteiger partial charge in [-0.05, 0) is 19.3 Å². The molecule has 0 aliphatic rings. The number of aliphatic hydroxyl groups excluding tert-OH is 1. The lowest BCUT2D eigenvalue weighted by atomic mass is 10.0. The molecule has 4 N–H and O–H groups in total. The van der Waals surface area contributed by atoms with Gasteiger partial charge in [0.1, 0.15) is 0 Å². The summed E-state index contributed by atoms with van der Waals surface area (Å²) in [5, 5.41) is 11.7. The first-order valence-electron chi connectivity index (χ1n) is 4.89. The molecular weight excluding hydrogens is 166 g/mol. The van der Waals surface area contributed by atoms with Crippen molar-refractivity contribution in [3.63, 3.8) is 0 Å². The third-order valence-corrected chi connectivity index (χ3v) is 1.99. The molecule has 4 nitrogen and oxygen atoms in total. The summed E-state index contributed by atoms with van der Waals surface area (Å²) in [7, 11) is 0. The standard InChI is InChI=1S/C9H21N3O/c1-3-8(5-6-13)7-12-9(10)11-4-2/h8,13H,3-7H2,1-2H3,(H3,10,11,12). The first-order valence-corrected chi connectivity index (χ1v) is 4.89. The van der Waals surface area contributed by atoms with Crippen LogP contribution < -0.4 is 11.1 Å². The molecule has 0 fully saturated rings. The molecule has 0 amide bonds. The molecule has 0 heterocycles. The summed E-state index contributed by atoms with van der Waals surface area (Å²) in [6, 6.07) is 0. The molecular formula is C9H21N3O. The van der Waals surface area contributed by atoms with Gasteiger partial charge in [0.15, 0.2) is 5.96 Å². The second-order valence-corrected chi connectivity index (χ2v) is 3.04. The maximum absolute atomic E-state index is 8.74. The Balaban J connectivity index is 3.74. The van der Waals surface area contributed by atoms with E-state index in [0.29, 0.717) is 18.4 Å². The number of nitrogens with one attached hydrogen (secondary N) is 1. The highest BCUT2D eigenvalue weighted by molar-refractivity contribution is 5.77. The lowest BCUT2D eigenvalue weighted by Crippen LogP contribution is -2.31. The van der Waals surface area contributed by atoms with Crippen LogP contribution in [0.15, 0.2) is 4.99 Å². The molecule has 1 unspecified atom stereocenters. The van der Waals surface area contributed by atoms with E-state index in [0.717, 1.165) is 19.4 Å². The first kappa shape index (κ1) is 12.2. The van der Waals surface area contributed by atoms with Gasteiger partial charge >= 0.3 is 0 Å². The molecule has 78 valence electrons. The molecule has 1 atom stereocenters. The van der Waals surface area contributed by atoms with E-state index in [2.05, 4.69) is 17.2 Å². The summed E-state index contributed by atoms with van der Waals surface area (Å²) in [6.07, 6.45) is 1.84. The monoisotopic (exact) mass is 187 g/mol. The summed E-state index contributed by atoms with van der Waals surface area (Å²) >= 11 is 0. The fraction of sp³-hybridized carbons (Fsp3) is 0.889. The third-order valence-electron chi connectivity index (χ3n) is 1.99. The van der Waals surface area contributed by atoms with Gasteiger partial charge < -0.3 is 16.2 Å². The molecule has 0 spiro atoms. The second kappa shape index (κ2) is 7.86. The number of nitrogens with zero attached hydrogens (tertiary/aromatic N) is 1. The Bertz CT molecular complexity index is 148. The van der Waals surface area contributed by atoms with Crippen molar-refractivity contribution in [1.29, 1.82) is 0 Å². The summed E-state index contributed by atoms with van der Waals surface area (Å²) in [6.45, 7) is 5.81. The average molecular weight is 187 g/mol. The maximum Gasteiger partial charge on any atom is 0.188 e. The summed E-state index contributed by atoms with van der Waals surface area (Å²) in [5.41, 5.74) is 5.56. The number of hydrogen-bond donors (Lipinski definition) is 3. The Morgan fingerprint density at radius 1 is 1.54 bits per heavy atom. The van der Waals surface area contributed by atoms with Gasteiger partial charge in [-0.2, -0.15) is 0 Å². The van der Waals surface area contributed by atoms with E-state index in [-0.39, 0.29) is 6.61 Å². The van der Waals surface area contributed by atoms with Gasteiger partial charge in [-0.1, -0.05) is 13.3 Å². The number of hydrogen-bond acceptors (Lipinski definition) is 2. The number of nitrogens with two attached hydrogens (primary N) is 1. The fourth-order valence-corrected chi connectivity index (χ4v) is 1.07. The Morgan fingerprint density at radius 3 is 2.69 bits per heavy atom. The van der Waals surface area contributed by atoms with E-state index in [1.807, 2.05) is 6.92 Å². The van der Waals surface area contributed by atoms with E-state index in [1.165, 1.54) is 0 Å².